The monoisotopic (exact) mass is 377 g/mol. The molecule has 5 heteroatoms. The van der Waals surface area contributed by atoms with Gasteiger partial charge in [0, 0.05) is 16.9 Å². The summed E-state index contributed by atoms with van der Waals surface area (Å²) in [6, 6.07) is 11.6. The summed E-state index contributed by atoms with van der Waals surface area (Å²) in [5.74, 6) is 0.748. The van der Waals surface area contributed by atoms with Crippen molar-refractivity contribution in [2.75, 3.05) is 0 Å². The maximum absolute atomic E-state index is 12.5. The van der Waals surface area contributed by atoms with E-state index < -0.39 is 0 Å². The van der Waals surface area contributed by atoms with Crippen LogP contribution in [0.2, 0.25) is 0 Å². The van der Waals surface area contributed by atoms with Gasteiger partial charge in [-0.05, 0) is 42.0 Å². The molecule has 27 heavy (non-hydrogen) atoms. The largest absolute Gasteiger partial charge is 0.464 e. The molecule has 4 nitrogen and oxygen atoms in total. The lowest BCUT2D eigenvalue weighted by atomic mass is 10.0. The molecule has 0 saturated carbocycles. The van der Waals surface area contributed by atoms with Gasteiger partial charge in [0.25, 0.3) is 5.91 Å². The van der Waals surface area contributed by atoms with Crippen molar-refractivity contribution in [1.82, 2.24) is 5.32 Å². The van der Waals surface area contributed by atoms with Crippen molar-refractivity contribution >= 4 is 17.2 Å². The van der Waals surface area contributed by atoms with E-state index in [0.717, 1.165) is 18.4 Å². The summed E-state index contributed by atoms with van der Waals surface area (Å²) in [5, 5.41) is 4.80. The molecule has 1 N–H and O–H groups in total. The number of allylic oxidation sites excluding steroid dienone is 4. The van der Waals surface area contributed by atoms with Gasteiger partial charge in [0.2, 0.25) is 5.88 Å². The number of carbonyl (C=O) groups excluding carboxylic acids is 1. The molecule has 1 aromatic carbocycles. The highest BCUT2D eigenvalue weighted by atomic mass is 32.1. The maximum Gasteiger partial charge on any atom is 0.258 e. The fraction of sp³-hybridized carbons (Fsp3) is 0.136. The number of benzene rings is 1. The summed E-state index contributed by atoms with van der Waals surface area (Å²) in [4.78, 5) is 13.7. The van der Waals surface area contributed by atoms with Crippen molar-refractivity contribution in [3.05, 3.63) is 95.3 Å². The molecule has 1 aromatic heterocycles. The molecular formula is C22H19NO3S. The standard InChI is InChI=1S/C22H19NO3S/c24-22(18-10-8-17(9-11-18)20-7-4-12-27-20)23-21-15-25-14-19(26-21)13-16-5-2-1-3-6-16/h1-2,4-5,7-12,14-15H,3,6,13H2,(H,23,24). The third-order valence-electron chi connectivity index (χ3n) is 4.31. The second-order valence-electron chi connectivity index (χ2n) is 6.28. The predicted octanol–water partition coefficient (Wildman–Crippen LogP) is 5.50. The van der Waals surface area contributed by atoms with Gasteiger partial charge < -0.3 is 9.47 Å². The van der Waals surface area contributed by atoms with Gasteiger partial charge >= 0.3 is 0 Å². The van der Waals surface area contributed by atoms with Gasteiger partial charge in [0.05, 0.1) is 0 Å². The Balaban J connectivity index is 1.36. The first-order valence-corrected chi connectivity index (χ1v) is 9.68. The highest BCUT2D eigenvalue weighted by molar-refractivity contribution is 7.13. The van der Waals surface area contributed by atoms with E-state index in [0.29, 0.717) is 23.6 Å². The molecule has 136 valence electrons. The van der Waals surface area contributed by atoms with Gasteiger partial charge in [-0.25, -0.2) is 0 Å². The lowest BCUT2D eigenvalue weighted by Gasteiger charge is -2.18. The minimum atomic E-state index is -0.233. The van der Waals surface area contributed by atoms with Gasteiger partial charge in [-0.1, -0.05) is 42.0 Å². The van der Waals surface area contributed by atoms with E-state index in [2.05, 4.69) is 29.6 Å². The Labute approximate surface area is 162 Å². The lowest BCUT2D eigenvalue weighted by molar-refractivity contribution is 0.0922. The van der Waals surface area contributed by atoms with Gasteiger partial charge in [0.1, 0.15) is 12.0 Å². The minimum Gasteiger partial charge on any atom is -0.464 e. The average molecular weight is 377 g/mol. The van der Waals surface area contributed by atoms with Crippen molar-refractivity contribution < 1.29 is 14.3 Å². The van der Waals surface area contributed by atoms with E-state index in [4.69, 9.17) is 9.47 Å². The van der Waals surface area contributed by atoms with Crippen LogP contribution in [-0.2, 0) is 9.47 Å². The summed E-state index contributed by atoms with van der Waals surface area (Å²) >= 11 is 1.67. The Morgan fingerprint density at radius 2 is 2.04 bits per heavy atom. The van der Waals surface area contributed by atoms with Crippen LogP contribution in [0, 0.1) is 0 Å². The first kappa shape index (κ1) is 17.4. The fourth-order valence-corrected chi connectivity index (χ4v) is 3.66. The van der Waals surface area contributed by atoms with Gasteiger partial charge in [0.15, 0.2) is 6.26 Å². The molecule has 0 fully saturated rings. The highest BCUT2D eigenvalue weighted by Crippen LogP contribution is 2.26. The van der Waals surface area contributed by atoms with Gasteiger partial charge in [-0.2, -0.15) is 0 Å². The number of hydrogen-bond donors (Lipinski definition) is 1. The number of amides is 1. The van der Waals surface area contributed by atoms with E-state index in [1.165, 1.54) is 16.7 Å². The van der Waals surface area contributed by atoms with Crippen LogP contribution < -0.4 is 5.32 Å². The molecule has 0 unspecified atom stereocenters. The van der Waals surface area contributed by atoms with Crippen LogP contribution >= 0.6 is 11.3 Å². The van der Waals surface area contributed by atoms with E-state index in [-0.39, 0.29) is 5.91 Å². The summed E-state index contributed by atoms with van der Waals surface area (Å²) in [7, 11) is 0. The second kappa shape index (κ2) is 8.10. The zero-order valence-electron chi connectivity index (χ0n) is 14.7. The normalized spacial score (nSPS) is 15.8. The summed E-state index contributed by atoms with van der Waals surface area (Å²) < 4.78 is 11.1. The van der Waals surface area contributed by atoms with Crippen molar-refractivity contribution in [2.24, 2.45) is 0 Å². The van der Waals surface area contributed by atoms with Crippen molar-refractivity contribution in [1.29, 1.82) is 0 Å². The summed E-state index contributed by atoms with van der Waals surface area (Å²) in [5.41, 5.74) is 2.94. The Morgan fingerprint density at radius 3 is 2.78 bits per heavy atom. The first-order valence-electron chi connectivity index (χ1n) is 8.80. The maximum atomic E-state index is 12.5. The Morgan fingerprint density at radius 1 is 1.15 bits per heavy atom. The molecule has 2 aromatic rings. The number of nitrogens with one attached hydrogen (secondary N) is 1. The van der Waals surface area contributed by atoms with Crippen LogP contribution in [0.5, 0.6) is 0 Å². The molecule has 2 heterocycles. The molecule has 1 aliphatic heterocycles. The van der Waals surface area contributed by atoms with Gasteiger partial charge in [-0.3, -0.25) is 10.1 Å². The third kappa shape index (κ3) is 4.38. The van der Waals surface area contributed by atoms with Crippen LogP contribution in [0.4, 0.5) is 0 Å². The molecule has 4 rings (SSSR count). The lowest BCUT2D eigenvalue weighted by Crippen LogP contribution is -2.25. The first-order chi connectivity index (χ1) is 13.3. The number of rotatable bonds is 5. The molecule has 1 aliphatic carbocycles. The van der Waals surface area contributed by atoms with Crippen LogP contribution in [-0.4, -0.2) is 5.91 Å². The number of carbonyl (C=O) groups is 1. The van der Waals surface area contributed by atoms with Gasteiger partial charge in [-0.15, -0.1) is 11.3 Å². The molecule has 0 saturated heterocycles. The predicted molar refractivity (Wildman–Crippen MR) is 107 cm³/mol. The summed E-state index contributed by atoms with van der Waals surface area (Å²) in [6.45, 7) is 0. The molecule has 2 aliphatic rings. The molecule has 0 atom stereocenters. The van der Waals surface area contributed by atoms with Crippen LogP contribution in [0.1, 0.15) is 29.6 Å². The average Bonchev–Trinajstić information content (AvgIpc) is 3.24. The van der Waals surface area contributed by atoms with Crippen LogP contribution in [0.3, 0.4) is 0 Å². The van der Waals surface area contributed by atoms with Crippen molar-refractivity contribution in [2.45, 2.75) is 19.3 Å². The fourth-order valence-electron chi connectivity index (χ4n) is 2.93. The van der Waals surface area contributed by atoms with E-state index in [9.17, 15) is 4.79 Å². The molecule has 1 amide bonds. The molecule has 0 bridgehead atoms. The van der Waals surface area contributed by atoms with E-state index in [1.807, 2.05) is 35.7 Å². The Bertz CT molecular complexity index is 934. The highest BCUT2D eigenvalue weighted by Gasteiger charge is 2.16. The molecular weight excluding hydrogens is 358 g/mol. The molecule has 0 radical (unpaired) electrons. The Hall–Kier alpha value is -3.05. The third-order valence-corrected chi connectivity index (χ3v) is 5.23. The van der Waals surface area contributed by atoms with E-state index in [1.54, 1.807) is 17.6 Å². The van der Waals surface area contributed by atoms with E-state index >= 15 is 0 Å². The number of hydrogen-bond acceptors (Lipinski definition) is 4. The van der Waals surface area contributed by atoms with Crippen molar-refractivity contribution in [3.63, 3.8) is 0 Å². The topological polar surface area (TPSA) is 47.6 Å². The summed E-state index contributed by atoms with van der Waals surface area (Å²) in [6.07, 6.45) is 12.0. The van der Waals surface area contributed by atoms with Crippen LogP contribution in [0.15, 0.2) is 89.7 Å². The quantitative estimate of drug-likeness (QED) is 0.748. The van der Waals surface area contributed by atoms with Crippen LogP contribution in [0.25, 0.3) is 10.4 Å². The van der Waals surface area contributed by atoms with Crippen molar-refractivity contribution in [3.8, 4) is 10.4 Å². The zero-order valence-corrected chi connectivity index (χ0v) is 15.5. The number of ether oxygens (including phenoxy) is 2. The smallest absolute Gasteiger partial charge is 0.258 e. The zero-order chi connectivity index (χ0) is 18.5. The Kier molecular flexibility index (Phi) is 5.21. The minimum absolute atomic E-state index is 0.233. The molecule has 0 spiro atoms. The number of thiophene rings is 1. The second-order valence-corrected chi connectivity index (χ2v) is 7.23. The SMILES string of the molecule is O=C(NC1=COC=C(CC2=CC=CCC2)O1)c1ccc(-c2cccs2)cc1.